The number of nitro benzene ring substituents is 1. The van der Waals surface area contributed by atoms with Crippen LogP contribution in [0.15, 0.2) is 36.4 Å². The third-order valence-corrected chi connectivity index (χ3v) is 3.16. The van der Waals surface area contributed by atoms with Gasteiger partial charge in [-0.05, 0) is 36.8 Å². The van der Waals surface area contributed by atoms with Crippen LogP contribution >= 0.6 is 11.6 Å². The summed E-state index contributed by atoms with van der Waals surface area (Å²) in [6.07, 6.45) is 0. The molecule has 2 rings (SSSR count). The highest BCUT2D eigenvalue weighted by Gasteiger charge is 2.15. The normalized spacial score (nSPS) is 10.2. The van der Waals surface area contributed by atoms with Gasteiger partial charge in [0.25, 0.3) is 5.69 Å². The molecule has 0 aliphatic heterocycles. The second kappa shape index (κ2) is 5.16. The van der Waals surface area contributed by atoms with Crippen LogP contribution in [-0.2, 0) is 0 Å². The Hall–Kier alpha value is -2.27. The first-order valence-corrected chi connectivity index (χ1v) is 5.93. The molecule has 0 aromatic heterocycles. The van der Waals surface area contributed by atoms with Crippen LogP contribution in [0, 0.1) is 17.0 Å². The topological polar surface area (TPSA) is 81.2 Å². The molecule has 0 bridgehead atoms. The van der Waals surface area contributed by atoms with E-state index >= 15 is 0 Å². The van der Waals surface area contributed by atoms with Crippen molar-refractivity contribution in [3.05, 3.63) is 57.1 Å². The zero-order chi connectivity index (χ0) is 14.0. The van der Waals surface area contributed by atoms with E-state index in [2.05, 4.69) is 5.32 Å². The molecule has 0 radical (unpaired) electrons. The lowest BCUT2D eigenvalue weighted by molar-refractivity contribution is -0.383. The van der Waals surface area contributed by atoms with E-state index < -0.39 is 4.92 Å². The van der Waals surface area contributed by atoms with E-state index in [-0.39, 0.29) is 5.69 Å². The van der Waals surface area contributed by atoms with Crippen molar-refractivity contribution in [3.63, 3.8) is 0 Å². The standard InChI is InChI=1S/C13H12ClN3O2/c1-8-10(14)3-2-4-11(8)16-12-6-5-9(15)7-13(12)17(18)19/h2-7,16H,15H2,1H3. The van der Waals surface area contributed by atoms with Crippen molar-refractivity contribution in [2.24, 2.45) is 0 Å². The summed E-state index contributed by atoms with van der Waals surface area (Å²) in [6, 6.07) is 9.85. The summed E-state index contributed by atoms with van der Waals surface area (Å²) in [5.41, 5.74) is 7.77. The number of halogens is 1. The maximum Gasteiger partial charge on any atom is 0.294 e. The molecule has 2 aromatic carbocycles. The highest BCUT2D eigenvalue weighted by molar-refractivity contribution is 6.31. The summed E-state index contributed by atoms with van der Waals surface area (Å²) in [7, 11) is 0. The fourth-order valence-corrected chi connectivity index (χ4v) is 1.87. The average Bonchev–Trinajstić information content (AvgIpc) is 2.36. The summed E-state index contributed by atoms with van der Waals surface area (Å²) in [5.74, 6) is 0. The molecule has 0 saturated heterocycles. The van der Waals surface area contributed by atoms with Gasteiger partial charge in [0.05, 0.1) is 4.92 Å². The molecular formula is C13H12ClN3O2. The van der Waals surface area contributed by atoms with Gasteiger partial charge in [-0.3, -0.25) is 10.1 Å². The van der Waals surface area contributed by atoms with E-state index in [1.165, 1.54) is 6.07 Å². The van der Waals surface area contributed by atoms with Crippen LogP contribution in [0.25, 0.3) is 0 Å². The molecule has 0 aliphatic rings. The van der Waals surface area contributed by atoms with E-state index in [1.54, 1.807) is 30.3 Å². The maximum absolute atomic E-state index is 11.0. The van der Waals surface area contributed by atoms with E-state index in [1.807, 2.05) is 6.92 Å². The minimum Gasteiger partial charge on any atom is -0.399 e. The monoisotopic (exact) mass is 277 g/mol. The number of nitrogens with one attached hydrogen (secondary N) is 1. The Morgan fingerprint density at radius 2 is 2.00 bits per heavy atom. The van der Waals surface area contributed by atoms with Crippen molar-refractivity contribution in [2.75, 3.05) is 11.1 Å². The third kappa shape index (κ3) is 2.77. The predicted molar refractivity (Wildman–Crippen MR) is 77.0 cm³/mol. The van der Waals surface area contributed by atoms with Gasteiger partial charge >= 0.3 is 0 Å². The van der Waals surface area contributed by atoms with Gasteiger partial charge in [0.1, 0.15) is 5.69 Å². The minimum absolute atomic E-state index is 0.0700. The molecule has 6 heteroatoms. The van der Waals surface area contributed by atoms with Gasteiger partial charge in [-0.2, -0.15) is 0 Å². The molecule has 5 nitrogen and oxygen atoms in total. The Morgan fingerprint density at radius 1 is 1.26 bits per heavy atom. The first kappa shape index (κ1) is 13.2. The Labute approximate surface area is 115 Å². The third-order valence-electron chi connectivity index (χ3n) is 2.76. The number of hydrogen-bond acceptors (Lipinski definition) is 4. The van der Waals surface area contributed by atoms with E-state index in [0.29, 0.717) is 16.4 Å². The second-order valence-electron chi connectivity index (χ2n) is 4.07. The molecule has 19 heavy (non-hydrogen) atoms. The first-order valence-electron chi connectivity index (χ1n) is 5.55. The van der Waals surface area contributed by atoms with Gasteiger partial charge in [0, 0.05) is 22.5 Å². The van der Waals surface area contributed by atoms with Gasteiger partial charge in [0.2, 0.25) is 0 Å². The quantitative estimate of drug-likeness (QED) is 0.507. The van der Waals surface area contributed by atoms with Crippen LogP contribution < -0.4 is 11.1 Å². The van der Waals surface area contributed by atoms with Crippen molar-refractivity contribution in [2.45, 2.75) is 6.92 Å². The van der Waals surface area contributed by atoms with Gasteiger partial charge in [-0.25, -0.2) is 0 Å². The molecule has 0 spiro atoms. The Morgan fingerprint density at radius 3 is 2.68 bits per heavy atom. The van der Waals surface area contributed by atoms with Crippen molar-refractivity contribution in [3.8, 4) is 0 Å². The van der Waals surface area contributed by atoms with Crippen LogP contribution in [-0.4, -0.2) is 4.92 Å². The number of nitrogens with zero attached hydrogens (tertiary/aromatic N) is 1. The number of rotatable bonds is 3. The van der Waals surface area contributed by atoms with Crippen LogP contribution in [0.2, 0.25) is 5.02 Å². The molecule has 0 amide bonds. The van der Waals surface area contributed by atoms with Gasteiger partial charge in [-0.15, -0.1) is 0 Å². The summed E-state index contributed by atoms with van der Waals surface area (Å²) in [5, 5.41) is 14.6. The lowest BCUT2D eigenvalue weighted by Gasteiger charge is -2.11. The zero-order valence-corrected chi connectivity index (χ0v) is 10.9. The number of benzene rings is 2. The summed E-state index contributed by atoms with van der Waals surface area (Å²) in [4.78, 5) is 10.5. The predicted octanol–water partition coefficient (Wildman–Crippen LogP) is 3.88. The second-order valence-corrected chi connectivity index (χ2v) is 4.48. The number of nitrogens with two attached hydrogens (primary N) is 1. The molecule has 0 atom stereocenters. The van der Waals surface area contributed by atoms with Crippen LogP contribution in [0.4, 0.5) is 22.7 Å². The van der Waals surface area contributed by atoms with Crippen molar-refractivity contribution in [1.29, 1.82) is 0 Å². The Balaban J connectivity index is 2.44. The van der Waals surface area contributed by atoms with Gasteiger partial charge in [0.15, 0.2) is 0 Å². The molecular weight excluding hydrogens is 266 g/mol. The number of nitrogen functional groups attached to an aromatic ring is 1. The molecule has 2 aromatic rings. The minimum atomic E-state index is -0.474. The van der Waals surface area contributed by atoms with Crippen LogP contribution in [0.1, 0.15) is 5.56 Å². The maximum atomic E-state index is 11.0. The number of nitro groups is 1. The Kier molecular flexibility index (Phi) is 3.57. The molecule has 0 aliphatic carbocycles. The first-order chi connectivity index (χ1) is 8.99. The lowest BCUT2D eigenvalue weighted by atomic mass is 10.1. The van der Waals surface area contributed by atoms with Gasteiger partial charge in [-0.1, -0.05) is 17.7 Å². The largest absolute Gasteiger partial charge is 0.399 e. The fraction of sp³-hybridized carbons (Fsp3) is 0.0769. The SMILES string of the molecule is Cc1c(Cl)cccc1Nc1ccc(N)cc1[N+](=O)[O-]. The van der Waals surface area contributed by atoms with Crippen molar-refractivity contribution in [1.82, 2.24) is 0 Å². The highest BCUT2D eigenvalue weighted by atomic mass is 35.5. The number of hydrogen-bond donors (Lipinski definition) is 2. The summed E-state index contributed by atoms with van der Waals surface area (Å²) < 4.78 is 0. The molecule has 0 heterocycles. The number of anilines is 3. The van der Waals surface area contributed by atoms with E-state index in [9.17, 15) is 10.1 Å². The van der Waals surface area contributed by atoms with Crippen molar-refractivity contribution >= 4 is 34.4 Å². The van der Waals surface area contributed by atoms with Crippen molar-refractivity contribution < 1.29 is 4.92 Å². The molecule has 0 fully saturated rings. The molecule has 0 saturated carbocycles. The molecule has 3 N–H and O–H groups in total. The van der Waals surface area contributed by atoms with E-state index in [0.717, 1.165) is 11.3 Å². The van der Waals surface area contributed by atoms with Crippen LogP contribution in [0.5, 0.6) is 0 Å². The zero-order valence-electron chi connectivity index (χ0n) is 10.2. The highest BCUT2D eigenvalue weighted by Crippen LogP contribution is 2.32. The summed E-state index contributed by atoms with van der Waals surface area (Å²) >= 11 is 6.01. The fourth-order valence-electron chi connectivity index (χ4n) is 1.69. The molecule has 98 valence electrons. The average molecular weight is 278 g/mol. The smallest absolute Gasteiger partial charge is 0.294 e. The molecule has 0 unspecified atom stereocenters. The van der Waals surface area contributed by atoms with Crippen LogP contribution in [0.3, 0.4) is 0 Å². The lowest BCUT2D eigenvalue weighted by Crippen LogP contribution is -1.99. The van der Waals surface area contributed by atoms with E-state index in [4.69, 9.17) is 17.3 Å². The summed E-state index contributed by atoms with van der Waals surface area (Å²) in [6.45, 7) is 1.84. The van der Waals surface area contributed by atoms with Gasteiger partial charge < -0.3 is 11.1 Å². The Bertz CT molecular complexity index is 644.